The lowest BCUT2D eigenvalue weighted by Gasteiger charge is -1.99. The van der Waals surface area contributed by atoms with Gasteiger partial charge < -0.3 is 16.2 Å². The second-order valence-corrected chi connectivity index (χ2v) is 3.64. The van der Waals surface area contributed by atoms with Gasteiger partial charge >= 0.3 is 0 Å². The lowest BCUT2D eigenvalue weighted by atomic mass is 10.3. The van der Waals surface area contributed by atoms with Crippen LogP contribution in [0.5, 0.6) is 5.75 Å². The van der Waals surface area contributed by atoms with Crippen molar-refractivity contribution in [3.8, 4) is 5.75 Å². The molecule has 0 unspecified atom stereocenters. The normalized spacial score (nSPS) is 11.0. The van der Waals surface area contributed by atoms with E-state index in [9.17, 15) is 0 Å². The number of benzene rings is 1. The van der Waals surface area contributed by atoms with Crippen molar-refractivity contribution >= 4 is 23.0 Å². The summed E-state index contributed by atoms with van der Waals surface area (Å²) >= 11 is 0. The van der Waals surface area contributed by atoms with Crippen LogP contribution in [0.3, 0.4) is 0 Å². The van der Waals surface area contributed by atoms with Gasteiger partial charge in [-0.25, -0.2) is 4.68 Å². The Balaban J connectivity index is 2.29. The first-order valence-electron chi connectivity index (χ1n) is 5.25. The molecule has 0 atom stereocenters. The van der Waals surface area contributed by atoms with Crippen LogP contribution in [0, 0.1) is 0 Å². The number of rotatable bonds is 3. The van der Waals surface area contributed by atoms with Gasteiger partial charge in [0.05, 0.1) is 12.8 Å². The Hall–Kier alpha value is -2.57. The molecule has 0 saturated carbocycles. The van der Waals surface area contributed by atoms with Crippen molar-refractivity contribution in [1.82, 2.24) is 9.78 Å². The highest BCUT2D eigenvalue weighted by Crippen LogP contribution is 2.30. The van der Waals surface area contributed by atoms with E-state index in [1.165, 1.54) is 4.68 Å². The van der Waals surface area contributed by atoms with Gasteiger partial charge in [0.25, 0.3) is 0 Å². The number of hydrogen-bond acceptors (Lipinski definition) is 6. The summed E-state index contributed by atoms with van der Waals surface area (Å²) in [5.41, 5.74) is 12.5. The van der Waals surface area contributed by atoms with E-state index in [2.05, 4.69) is 15.3 Å². The summed E-state index contributed by atoms with van der Waals surface area (Å²) in [6.07, 6.45) is 0. The Morgan fingerprint density at radius 3 is 2.67 bits per heavy atom. The minimum atomic E-state index is 0.252. The van der Waals surface area contributed by atoms with E-state index >= 15 is 0 Å². The van der Waals surface area contributed by atoms with Crippen LogP contribution in [0.15, 0.2) is 34.5 Å². The number of aryl methyl sites for hydroxylation is 1. The van der Waals surface area contributed by atoms with Crippen LogP contribution in [0.25, 0.3) is 0 Å². The third-order valence-electron chi connectivity index (χ3n) is 2.41. The molecule has 2 aromatic rings. The highest BCUT2D eigenvalue weighted by atomic mass is 16.5. The van der Waals surface area contributed by atoms with E-state index < -0.39 is 0 Å². The second-order valence-electron chi connectivity index (χ2n) is 3.64. The molecule has 0 aliphatic rings. The highest BCUT2D eigenvalue weighted by Gasteiger charge is 2.09. The fourth-order valence-corrected chi connectivity index (χ4v) is 1.43. The van der Waals surface area contributed by atoms with Gasteiger partial charge in [-0.3, -0.25) is 0 Å². The molecule has 0 spiro atoms. The molecule has 7 heteroatoms. The van der Waals surface area contributed by atoms with Crippen molar-refractivity contribution in [3.05, 3.63) is 24.3 Å². The Morgan fingerprint density at radius 2 is 2.06 bits per heavy atom. The average Bonchev–Trinajstić information content (AvgIpc) is 2.61. The molecule has 7 nitrogen and oxygen atoms in total. The third-order valence-corrected chi connectivity index (χ3v) is 2.41. The molecule has 0 aliphatic heterocycles. The molecule has 4 N–H and O–H groups in total. The number of ether oxygens (including phenoxy) is 1. The van der Waals surface area contributed by atoms with Crippen molar-refractivity contribution in [1.29, 1.82) is 0 Å². The lowest BCUT2D eigenvalue weighted by Crippen LogP contribution is -1.97. The Bertz CT molecular complexity index is 589. The second kappa shape index (κ2) is 4.74. The van der Waals surface area contributed by atoms with E-state index in [1.54, 1.807) is 26.3 Å². The number of nitrogen functional groups attached to an aromatic ring is 2. The van der Waals surface area contributed by atoms with Crippen LogP contribution >= 0.6 is 0 Å². The topological polar surface area (TPSA) is 104 Å². The van der Waals surface area contributed by atoms with Gasteiger partial charge in [0.1, 0.15) is 5.75 Å². The zero-order chi connectivity index (χ0) is 13.1. The van der Waals surface area contributed by atoms with Gasteiger partial charge in [0.2, 0.25) is 0 Å². The van der Waals surface area contributed by atoms with Crippen LogP contribution in [-0.2, 0) is 7.05 Å². The number of aromatic nitrogens is 2. The molecule has 0 amide bonds. The van der Waals surface area contributed by atoms with Gasteiger partial charge in [0, 0.05) is 13.1 Å². The maximum absolute atomic E-state index is 5.77. The monoisotopic (exact) mass is 246 g/mol. The Kier molecular flexibility index (Phi) is 3.13. The first-order valence-corrected chi connectivity index (χ1v) is 5.25. The standard InChI is InChI=1S/C11H14N6O/c1-17-11(13)9(10(12)16-17)15-14-7-4-3-5-8(6-7)18-2/h3-6H,13H2,1-2H3,(H2,12,16). The first-order chi connectivity index (χ1) is 8.61. The van der Waals surface area contributed by atoms with Crippen molar-refractivity contribution < 1.29 is 4.74 Å². The average molecular weight is 246 g/mol. The predicted octanol–water partition coefficient (Wildman–Crippen LogP) is 2.01. The SMILES string of the molecule is COc1cccc(N=Nc2c(N)nn(C)c2N)c1. The molecule has 0 bridgehead atoms. The van der Waals surface area contributed by atoms with Gasteiger partial charge in [-0.05, 0) is 12.1 Å². The first kappa shape index (κ1) is 11.9. The van der Waals surface area contributed by atoms with Crippen molar-refractivity contribution in [2.24, 2.45) is 17.3 Å². The maximum Gasteiger partial charge on any atom is 0.175 e. The molecule has 1 aromatic heterocycles. The highest BCUT2D eigenvalue weighted by molar-refractivity contribution is 5.71. The fourth-order valence-electron chi connectivity index (χ4n) is 1.43. The van der Waals surface area contributed by atoms with Crippen LogP contribution in [0.4, 0.5) is 23.0 Å². The van der Waals surface area contributed by atoms with E-state index in [-0.39, 0.29) is 5.82 Å². The number of anilines is 2. The van der Waals surface area contributed by atoms with E-state index in [4.69, 9.17) is 16.2 Å². The molecule has 0 saturated heterocycles. The molecule has 18 heavy (non-hydrogen) atoms. The van der Waals surface area contributed by atoms with Crippen LogP contribution < -0.4 is 16.2 Å². The van der Waals surface area contributed by atoms with Crippen molar-refractivity contribution in [2.45, 2.75) is 0 Å². The summed E-state index contributed by atoms with van der Waals surface area (Å²) in [4.78, 5) is 0. The lowest BCUT2D eigenvalue weighted by molar-refractivity contribution is 0.415. The van der Waals surface area contributed by atoms with E-state index in [0.717, 1.165) is 0 Å². The van der Waals surface area contributed by atoms with Gasteiger partial charge in [0.15, 0.2) is 17.3 Å². The van der Waals surface area contributed by atoms with Crippen LogP contribution in [0.2, 0.25) is 0 Å². The molecule has 1 aromatic carbocycles. The molecular weight excluding hydrogens is 232 g/mol. The minimum Gasteiger partial charge on any atom is -0.497 e. The summed E-state index contributed by atoms with van der Waals surface area (Å²) in [5, 5.41) is 12.0. The zero-order valence-corrected chi connectivity index (χ0v) is 10.2. The predicted molar refractivity (Wildman–Crippen MR) is 69.2 cm³/mol. The summed E-state index contributed by atoms with van der Waals surface area (Å²) in [7, 11) is 3.28. The van der Waals surface area contributed by atoms with Crippen LogP contribution in [-0.4, -0.2) is 16.9 Å². The van der Waals surface area contributed by atoms with E-state index in [0.29, 0.717) is 22.9 Å². The summed E-state index contributed by atoms with van der Waals surface area (Å²) in [6.45, 7) is 0. The molecule has 2 rings (SSSR count). The molecule has 0 fully saturated rings. The van der Waals surface area contributed by atoms with Gasteiger partial charge in [-0.1, -0.05) is 6.07 Å². The van der Waals surface area contributed by atoms with Crippen molar-refractivity contribution in [3.63, 3.8) is 0 Å². The third kappa shape index (κ3) is 2.24. The van der Waals surface area contributed by atoms with Crippen LogP contribution in [0.1, 0.15) is 0 Å². The number of azo groups is 1. The Labute approximate surface area is 104 Å². The molecule has 0 radical (unpaired) electrons. The summed E-state index contributed by atoms with van der Waals surface area (Å²) < 4.78 is 6.54. The quantitative estimate of drug-likeness (QED) is 0.808. The van der Waals surface area contributed by atoms with Gasteiger partial charge in [-0.15, -0.1) is 5.11 Å². The molecular formula is C11H14N6O. The minimum absolute atomic E-state index is 0.252. The van der Waals surface area contributed by atoms with Crippen molar-refractivity contribution in [2.75, 3.05) is 18.6 Å². The maximum atomic E-state index is 5.77. The largest absolute Gasteiger partial charge is 0.497 e. The number of nitrogens with zero attached hydrogens (tertiary/aromatic N) is 4. The smallest absolute Gasteiger partial charge is 0.175 e. The number of nitrogens with two attached hydrogens (primary N) is 2. The summed E-state index contributed by atoms with van der Waals surface area (Å²) in [6, 6.07) is 7.20. The Morgan fingerprint density at radius 1 is 1.28 bits per heavy atom. The van der Waals surface area contributed by atoms with Gasteiger partial charge in [-0.2, -0.15) is 10.2 Å². The fraction of sp³-hybridized carbons (Fsp3) is 0.182. The zero-order valence-electron chi connectivity index (χ0n) is 10.2. The number of methoxy groups -OCH3 is 1. The summed E-state index contributed by atoms with van der Waals surface area (Å²) in [5.74, 6) is 1.33. The molecule has 94 valence electrons. The molecule has 0 aliphatic carbocycles. The number of hydrogen-bond donors (Lipinski definition) is 2. The van der Waals surface area contributed by atoms with E-state index in [1.807, 2.05) is 12.1 Å². The molecule has 1 heterocycles.